The molecule has 0 amide bonds. The molecule has 1 N–H and O–H groups in total. The second-order valence-electron chi connectivity index (χ2n) is 6.46. The van der Waals surface area contributed by atoms with E-state index in [0.717, 1.165) is 43.7 Å². The highest BCUT2D eigenvalue weighted by molar-refractivity contribution is 5.53. The lowest BCUT2D eigenvalue weighted by molar-refractivity contribution is 0.198. The van der Waals surface area contributed by atoms with Crippen molar-refractivity contribution in [2.24, 2.45) is 0 Å². The largest absolute Gasteiger partial charge is 0.472 e. The van der Waals surface area contributed by atoms with Gasteiger partial charge in [-0.25, -0.2) is 4.98 Å². The Balaban J connectivity index is 1.56. The van der Waals surface area contributed by atoms with Gasteiger partial charge in [0.1, 0.15) is 5.82 Å². The Morgan fingerprint density at radius 3 is 2.96 bits per heavy atom. The van der Waals surface area contributed by atoms with Crippen LogP contribution in [-0.2, 0) is 6.54 Å². The Morgan fingerprint density at radius 2 is 2.16 bits per heavy atom. The minimum Gasteiger partial charge on any atom is -0.472 e. The van der Waals surface area contributed by atoms with Gasteiger partial charge in [0.05, 0.1) is 18.2 Å². The molecule has 3 aromatic rings. The fourth-order valence-electron chi connectivity index (χ4n) is 3.41. The molecule has 1 fully saturated rings. The summed E-state index contributed by atoms with van der Waals surface area (Å²) in [7, 11) is 0. The molecule has 0 bridgehead atoms. The van der Waals surface area contributed by atoms with Gasteiger partial charge in [-0.3, -0.25) is 14.7 Å². The van der Waals surface area contributed by atoms with E-state index in [-0.39, 0.29) is 11.5 Å². The van der Waals surface area contributed by atoms with E-state index >= 15 is 0 Å². The van der Waals surface area contributed by atoms with Crippen LogP contribution in [0.5, 0.6) is 0 Å². The molecule has 0 saturated carbocycles. The lowest BCUT2D eigenvalue weighted by Crippen LogP contribution is -2.34. The fourth-order valence-corrected chi connectivity index (χ4v) is 3.41. The lowest BCUT2D eigenvalue weighted by atomic mass is 9.94. The highest BCUT2D eigenvalue weighted by atomic mass is 16.3. The summed E-state index contributed by atoms with van der Waals surface area (Å²) in [6.07, 6.45) is 9.05. The molecule has 6 heteroatoms. The van der Waals surface area contributed by atoms with Crippen LogP contribution in [0, 0.1) is 0 Å². The summed E-state index contributed by atoms with van der Waals surface area (Å²) in [4.78, 5) is 26.1. The number of aromatic amines is 1. The fraction of sp³-hybridized carbons (Fsp3) is 0.316. The van der Waals surface area contributed by atoms with Crippen LogP contribution in [0.4, 0.5) is 0 Å². The third-order valence-corrected chi connectivity index (χ3v) is 4.63. The maximum absolute atomic E-state index is 12.1. The summed E-state index contributed by atoms with van der Waals surface area (Å²) in [5.74, 6) is 0.875. The molecule has 0 unspecified atom stereocenters. The summed E-state index contributed by atoms with van der Waals surface area (Å²) in [5.41, 5.74) is 2.81. The minimum atomic E-state index is -0.108. The van der Waals surface area contributed by atoms with Gasteiger partial charge in [-0.1, -0.05) is 0 Å². The molecule has 1 atom stereocenters. The van der Waals surface area contributed by atoms with E-state index in [4.69, 9.17) is 9.40 Å². The van der Waals surface area contributed by atoms with Crippen molar-refractivity contribution in [3.8, 4) is 11.4 Å². The first-order valence-electron chi connectivity index (χ1n) is 8.53. The van der Waals surface area contributed by atoms with E-state index in [1.54, 1.807) is 31.0 Å². The molecular formula is C19H20N4O2. The van der Waals surface area contributed by atoms with Crippen molar-refractivity contribution in [3.63, 3.8) is 0 Å². The maximum Gasteiger partial charge on any atom is 0.251 e. The average molecular weight is 336 g/mol. The smallest absolute Gasteiger partial charge is 0.251 e. The van der Waals surface area contributed by atoms with E-state index in [1.165, 1.54) is 5.56 Å². The first kappa shape index (κ1) is 15.8. The van der Waals surface area contributed by atoms with Crippen LogP contribution in [0.3, 0.4) is 0 Å². The van der Waals surface area contributed by atoms with Gasteiger partial charge in [-0.15, -0.1) is 0 Å². The van der Waals surface area contributed by atoms with Gasteiger partial charge in [0.2, 0.25) is 0 Å². The highest BCUT2D eigenvalue weighted by Crippen LogP contribution is 2.27. The zero-order valence-electron chi connectivity index (χ0n) is 13.9. The zero-order valence-corrected chi connectivity index (χ0v) is 13.9. The van der Waals surface area contributed by atoms with Gasteiger partial charge >= 0.3 is 0 Å². The number of pyridine rings is 1. The summed E-state index contributed by atoms with van der Waals surface area (Å²) in [6, 6.07) is 7.34. The number of rotatable bonds is 4. The van der Waals surface area contributed by atoms with E-state index in [9.17, 15) is 4.79 Å². The van der Waals surface area contributed by atoms with Crippen LogP contribution in [-0.4, -0.2) is 32.9 Å². The average Bonchev–Trinajstić information content (AvgIpc) is 3.15. The van der Waals surface area contributed by atoms with Crippen LogP contribution >= 0.6 is 0 Å². The molecule has 3 aromatic heterocycles. The van der Waals surface area contributed by atoms with Gasteiger partial charge in [0, 0.05) is 48.6 Å². The lowest BCUT2D eigenvalue weighted by Gasteiger charge is -2.32. The van der Waals surface area contributed by atoms with Crippen LogP contribution in [0.1, 0.15) is 30.0 Å². The molecule has 1 aliphatic heterocycles. The zero-order chi connectivity index (χ0) is 17.1. The third-order valence-electron chi connectivity index (χ3n) is 4.63. The van der Waals surface area contributed by atoms with Gasteiger partial charge < -0.3 is 9.40 Å². The van der Waals surface area contributed by atoms with Crippen LogP contribution < -0.4 is 5.56 Å². The number of likely N-dealkylation sites (tertiary alicyclic amines) is 1. The molecule has 1 aliphatic rings. The summed E-state index contributed by atoms with van der Waals surface area (Å²) >= 11 is 0. The number of nitrogens with one attached hydrogen (secondary N) is 1. The molecular weight excluding hydrogens is 316 g/mol. The second kappa shape index (κ2) is 7.03. The second-order valence-corrected chi connectivity index (χ2v) is 6.46. The predicted molar refractivity (Wildman–Crippen MR) is 94.0 cm³/mol. The van der Waals surface area contributed by atoms with Gasteiger partial charge in [0.25, 0.3) is 5.56 Å². The monoisotopic (exact) mass is 336 g/mol. The molecule has 25 heavy (non-hydrogen) atoms. The highest BCUT2D eigenvalue weighted by Gasteiger charge is 2.23. The first-order chi connectivity index (χ1) is 12.3. The number of aromatic nitrogens is 3. The molecule has 1 saturated heterocycles. The van der Waals surface area contributed by atoms with Crippen molar-refractivity contribution in [1.29, 1.82) is 0 Å². The van der Waals surface area contributed by atoms with Gasteiger partial charge in [-0.2, -0.15) is 0 Å². The summed E-state index contributed by atoms with van der Waals surface area (Å²) in [6.45, 7) is 2.83. The van der Waals surface area contributed by atoms with Crippen molar-refractivity contribution < 1.29 is 4.42 Å². The Hall–Kier alpha value is -2.73. The van der Waals surface area contributed by atoms with Gasteiger partial charge in [-0.05, 0) is 37.6 Å². The maximum atomic E-state index is 12.1. The normalized spacial score (nSPS) is 18.3. The van der Waals surface area contributed by atoms with Crippen molar-refractivity contribution in [2.45, 2.75) is 25.3 Å². The van der Waals surface area contributed by atoms with E-state index in [1.807, 2.05) is 18.2 Å². The first-order valence-corrected chi connectivity index (χ1v) is 8.53. The van der Waals surface area contributed by atoms with Crippen molar-refractivity contribution in [2.75, 3.05) is 13.1 Å². The molecule has 128 valence electrons. The SMILES string of the molecule is O=c1cc([C@@H]2CCCN(Cc3ccoc3)C2)nc(-c2ccncc2)[nH]1. The minimum absolute atomic E-state index is 0.108. The topological polar surface area (TPSA) is 75.0 Å². The Bertz CT molecular complexity index is 874. The molecule has 4 heterocycles. The number of nitrogens with zero attached hydrogens (tertiary/aromatic N) is 3. The van der Waals surface area contributed by atoms with Crippen LogP contribution in [0.2, 0.25) is 0 Å². The number of H-pyrrole nitrogens is 1. The molecule has 0 aliphatic carbocycles. The molecule has 0 aromatic carbocycles. The van der Waals surface area contributed by atoms with Crippen LogP contribution in [0.25, 0.3) is 11.4 Å². The van der Waals surface area contributed by atoms with Crippen molar-refractivity contribution in [1.82, 2.24) is 19.9 Å². The van der Waals surface area contributed by atoms with Crippen molar-refractivity contribution in [3.05, 3.63) is 70.8 Å². The number of hydrogen-bond acceptors (Lipinski definition) is 5. The molecule has 0 radical (unpaired) electrons. The predicted octanol–water partition coefficient (Wildman–Crippen LogP) is 2.80. The molecule has 0 spiro atoms. The number of hydrogen-bond donors (Lipinski definition) is 1. The van der Waals surface area contributed by atoms with E-state index in [2.05, 4.69) is 14.9 Å². The Kier molecular flexibility index (Phi) is 4.43. The standard InChI is InChI=1S/C19H20N4O2/c24-18-10-17(21-19(22-18)15-3-6-20-7-4-15)16-2-1-8-23(12-16)11-14-5-9-25-13-14/h3-7,9-10,13,16H,1-2,8,11-12H2,(H,21,22,24)/t16-/m1/s1. The molecule has 6 nitrogen and oxygen atoms in total. The van der Waals surface area contributed by atoms with E-state index in [0.29, 0.717) is 5.82 Å². The molecule has 4 rings (SSSR count). The Labute approximate surface area is 145 Å². The van der Waals surface area contributed by atoms with Crippen molar-refractivity contribution >= 4 is 0 Å². The summed E-state index contributed by atoms with van der Waals surface area (Å²) < 4.78 is 5.16. The van der Waals surface area contributed by atoms with E-state index < -0.39 is 0 Å². The summed E-state index contributed by atoms with van der Waals surface area (Å²) in [5, 5.41) is 0. The van der Waals surface area contributed by atoms with Gasteiger partial charge in [0.15, 0.2) is 0 Å². The van der Waals surface area contributed by atoms with Crippen LogP contribution in [0.15, 0.2) is 58.4 Å². The number of furan rings is 1. The quantitative estimate of drug-likeness (QED) is 0.793. The Morgan fingerprint density at radius 1 is 1.28 bits per heavy atom. The third kappa shape index (κ3) is 3.69. The number of piperidine rings is 1.